The number of rotatable bonds is 1. The highest BCUT2D eigenvalue weighted by Gasteiger charge is 2.41. The van der Waals surface area contributed by atoms with E-state index in [2.05, 4.69) is 26.6 Å². The lowest BCUT2D eigenvalue weighted by molar-refractivity contribution is 0.0487. The Bertz CT molecular complexity index is 452. The van der Waals surface area contributed by atoms with Crippen molar-refractivity contribution in [1.82, 2.24) is 10.6 Å². The molecule has 0 bridgehead atoms. The number of hydrogen-bond acceptors (Lipinski definition) is 2. The van der Waals surface area contributed by atoms with Crippen molar-refractivity contribution >= 4 is 22.0 Å². The van der Waals surface area contributed by atoms with Gasteiger partial charge < -0.3 is 15.4 Å². The first-order chi connectivity index (χ1) is 8.25. The van der Waals surface area contributed by atoms with E-state index in [9.17, 15) is 4.79 Å². The molecule has 0 aromatic heterocycles. The van der Waals surface area contributed by atoms with Crippen LogP contribution in [0.2, 0.25) is 0 Å². The average Bonchev–Trinajstić information content (AvgIpc) is 2.76. The fraction of sp³-hybridized carbons (Fsp3) is 0.417. The fourth-order valence-corrected chi connectivity index (χ4v) is 3.08. The van der Waals surface area contributed by atoms with Crippen LogP contribution in [0.1, 0.15) is 18.0 Å². The Labute approximate surface area is 108 Å². The van der Waals surface area contributed by atoms with E-state index in [1.54, 1.807) is 0 Å². The van der Waals surface area contributed by atoms with E-state index in [4.69, 9.17) is 4.74 Å². The summed E-state index contributed by atoms with van der Waals surface area (Å²) < 4.78 is 6.56. The first-order valence-corrected chi connectivity index (χ1v) is 6.48. The van der Waals surface area contributed by atoms with Gasteiger partial charge in [-0.25, -0.2) is 4.79 Å². The molecule has 0 spiro atoms. The van der Waals surface area contributed by atoms with E-state index < -0.39 is 0 Å². The molecule has 2 fully saturated rings. The molecule has 2 heterocycles. The number of ether oxygens (including phenoxy) is 1. The maximum atomic E-state index is 11.6. The number of halogens is 1. The van der Waals surface area contributed by atoms with Gasteiger partial charge in [0.15, 0.2) is 0 Å². The summed E-state index contributed by atoms with van der Waals surface area (Å²) in [7, 11) is 0. The second-order valence-electron chi connectivity index (χ2n) is 4.36. The molecular weight excluding hydrogens is 284 g/mol. The van der Waals surface area contributed by atoms with Crippen LogP contribution in [0.5, 0.6) is 0 Å². The molecule has 2 N–H and O–H groups in total. The molecule has 0 aliphatic carbocycles. The minimum absolute atomic E-state index is 0.0202. The van der Waals surface area contributed by atoms with Gasteiger partial charge in [-0.2, -0.15) is 0 Å². The zero-order valence-corrected chi connectivity index (χ0v) is 10.7. The molecular formula is C12H13BrN2O2. The summed E-state index contributed by atoms with van der Waals surface area (Å²) in [5.41, 5.74) is 1.11. The van der Waals surface area contributed by atoms with Crippen LogP contribution >= 0.6 is 15.9 Å². The SMILES string of the molecule is O=C1N[C@@H]2OCC[C@@H]2[C@@H](c2ccccc2Br)N1. The highest BCUT2D eigenvalue weighted by Crippen LogP contribution is 2.37. The van der Waals surface area contributed by atoms with Crippen molar-refractivity contribution in [3.05, 3.63) is 34.3 Å². The van der Waals surface area contributed by atoms with E-state index in [0.29, 0.717) is 12.5 Å². The summed E-state index contributed by atoms with van der Waals surface area (Å²) in [5, 5.41) is 5.79. The van der Waals surface area contributed by atoms with Crippen LogP contribution in [-0.2, 0) is 4.74 Å². The molecule has 5 heteroatoms. The van der Waals surface area contributed by atoms with Gasteiger partial charge in [0.1, 0.15) is 6.23 Å². The van der Waals surface area contributed by atoms with Crippen molar-refractivity contribution in [3.63, 3.8) is 0 Å². The Morgan fingerprint density at radius 3 is 2.94 bits per heavy atom. The summed E-state index contributed by atoms with van der Waals surface area (Å²) in [6.07, 6.45) is 0.810. The van der Waals surface area contributed by atoms with Crippen molar-refractivity contribution in [1.29, 1.82) is 0 Å². The van der Waals surface area contributed by atoms with Gasteiger partial charge in [0.25, 0.3) is 0 Å². The van der Waals surface area contributed by atoms with Gasteiger partial charge in [-0.3, -0.25) is 0 Å². The number of carbonyl (C=O) groups is 1. The number of hydrogen-bond donors (Lipinski definition) is 2. The lowest BCUT2D eigenvalue weighted by Crippen LogP contribution is -2.54. The molecule has 2 amide bonds. The summed E-state index contributed by atoms with van der Waals surface area (Å²) in [4.78, 5) is 11.6. The molecule has 4 nitrogen and oxygen atoms in total. The van der Waals surface area contributed by atoms with Gasteiger partial charge in [-0.1, -0.05) is 34.1 Å². The Morgan fingerprint density at radius 2 is 2.12 bits per heavy atom. The maximum absolute atomic E-state index is 11.6. The van der Waals surface area contributed by atoms with E-state index in [-0.39, 0.29) is 18.3 Å². The van der Waals surface area contributed by atoms with E-state index in [0.717, 1.165) is 16.5 Å². The zero-order chi connectivity index (χ0) is 11.8. The van der Waals surface area contributed by atoms with Gasteiger partial charge in [0.05, 0.1) is 6.04 Å². The second kappa shape index (κ2) is 4.31. The zero-order valence-electron chi connectivity index (χ0n) is 9.15. The molecule has 1 aromatic rings. The highest BCUT2D eigenvalue weighted by atomic mass is 79.9. The number of carbonyl (C=O) groups excluding carboxylic acids is 1. The Hall–Kier alpha value is -1.07. The van der Waals surface area contributed by atoms with Crippen molar-refractivity contribution in [2.24, 2.45) is 5.92 Å². The number of nitrogens with one attached hydrogen (secondary N) is 2. The van der Waals surface area contributed by atoms with Gasteiger partial charge >= 0.3 is 6.03 Å². The quantitative estimate of drug-likeness (QED) is 0.834. The molecule has 1 aromatic carbocycles. The summed E-state index contributed by atoms with van der Waals surface area (Å²) in [6, 6.07) is 7.85. The molecule has 3 atom stereocenters. The molecule has 3 rings (SSSR count). The monoisotopic (exact) mass is 296 g/mol. The van der Waals surface area contributed by atoms with Crippen LogP contribution in [0.3, 0.4) is 0 Å². The van der Waals surface area contributed by atoms with Crippen molar-refractivity contribution in [2.75, 3.05) is 6.61 Å². The van der Waals surface area contributed by atoms with Crippen molar-refractivity contribution < 1.29 is 9.53 Å². The third kappa shape index (κ3) is 1.93. The lowest BCUT2D eigenvalue weighted by atomic mass is 9.89. The Kier molecular flexibility index (Phi) is 2.80. The third-order valence-electron chi connectivity index (χ3n) is 3.37. The molecule has 0 unspecified atom stereocenters. The van der Waals surface area contributed by atoms with Gasteiger partial charge in [0, 0.05) is 17.0 Å². The van der Waals surface area contributed by atoms with Crippen LogP contribution in [0.25, 0.3) is 0 Å². The molecule has 0 saturated carbocycles. The molecule has 0 radical (unpaired) electrons. The normalized spacial score (nSPS) is 31.6. The maximum Gasteiger partial charge on any atom is 0.317 e. The number of fused-ring (bicyclic) bond motifs is 1. The summed E-state index contributed by atoms with van der Waals surface area (Å²) >= 11 is 3.54. The summed E-state index contributed by atoms with van der Waals surface area (Å²) in [5.74, 6) is 0.298. The predicted octanol–water partition coefficient (Wildman–Crippen LogP) is 2.17. The number of amides is 2. The first-order valence-electron chi connectivity index (χ1n) is 5.69. The van der Waals surface area contributed by atoms with Gasteiger partial charge in [-0.05, 0) is 18.1 Å². The van der Waals surface area contributed by atoms with Gasteiger partial charge in [-0.15, -0.1) is 0 Å². The minimum atomic E-state index is -0.158. The molecule has 17 heavy (non-hydrogen) atoms. The van der Waals surface area contributed by atoms with E-state index >= 15 is 0 Å². The van der Waals surface area contributed by atoms with Gasteiger partial charge in [0.2, 0.25) is 0 Å². The van der Waals surface area contributed by atoms with Crippen LogP contribution in [-0.4, -0.2) is 18.9 Å². The molecule has 2 aliphatic heterocycles. The van der Waals surface area contributed by atoms with Crippen LogP contribution in [0.4, 0.5) is 4.79 Å². The Morgan fingerprint density at radius 1 is 1.29 bits per heavy atom. The smallest absolute Gasteiger partial charge is 0.317 e. The van der Waals surface area contributed by atoms with Crippen LogP contribution in [0, 0.1) is 5.92 Å². The first kappa shape index (κ1) is 11.0. The van der Waals surface area contributed by atoms with Crippen LogP contribution in [0.15, 0.2) is 28.7 Å². The largest absolute Gasteiger partial charge is 0.358 e. The minimum Gasteiger partial charge on any atom is -0.358 e. The van der Waals surface area contributed by atoms with Crippen molar-refractivity contribution in [3.8, 4) is 0 Å². The second-order valence-corrected chi connectivity index (χ2v) is 5.22. The molecule has 2 saturated heterocycles. The van der Waals surface area contributed by atoms with Crippen LogP contribution < -0.4 is 10.6 Å². The third-order valence-corrected chi connectivity index (χ3v) is 4.09. The fourth-order valence-electron chi connectivity index (χ4n) is 2.55. The van der Waals surface area contributed by atoms with E-state index in [1.165, 1.54) is 0 Å². The topological polar surface area (TPSA) is 50.4 Å². The predicted molar refractivity (Wildman–Crippen MR) is 66.4 cm³/mol. The Balaban J connectivity index is 1.95. The highest BCUT2D eigenvalue weighted by molar-refractivity contribution is 9.10. The standard InChI is InChI=1S/C12H13BrN2O2/c13-9-4-2-1-3-7(9)10-8-5-6-17-11(8)15-12(16)14-10/h1-4,8,10-11H,5-6H2,(H2,14,15,16)/t8-,10-,11-/m1/s1. The van der Waals surface area contributed by atoms with Crippen molar-refractivity contribution in [2.45, 2.75) is 18.7 Å². The average molecular weight is 297 g/mol. The van der Waals surface area contributed by atoms with E-state index in [1.807, 2.05) is 24.3 Å². The number of urea groups is 1. The number of benzene rings is 1. The summed E-state index contributed by atoms with van der Waals surface area (Å²) in [6.45, 7) is 0.707. The molecule has 2 aliphatic rings. The lowest BCUT2D eigenvalue weighted by Gasteiger charge is -2.34. The molecule has 90 valence electrons.